The number of cyclic esters (lactones) is 1. The molecule has 0 unspecified atom stereocenters. The van der Waals surface area contributed by atoms with Crippen molar-refractivity contribution in [1.82, 2.24) is 19.2 Å². The average molecular weight is 973 g/mol. The van der Waals surface area contributed by atoms with Gasteiger partial charge in [0.05, 0.1) is 42.0 Å². The van der Waals surface area contributed by atoms with Crippen LogP contribution in [0.25, 0.3) is 0 Å². The Kier molecular flexibility index (Phi) is 18.6. The maximum atomic E-state index is 14.5. The molecule has 19 heteroatoms. The quantitative estimate of drug-likeness (QED) is 0.111. The molecule has 0 aromatic heterocycles. The van der Waals surface area contributed by atoms with Crippen molar-refractivity contribution in [3.05, 3.63) is 35.4 Å². The Morgan fingerprint density at radius 1 is 0.955 bits per heavy atom. The van der Waals surface area contributed by atoms with Gasteiger partial charge in [0.25, 0.3) is 10.2 Å². The van der Waals surface area contributed by atoms with Gasteiger partial charge >= 0.3 is 5.97 Å². The zero-order chi connectivity index (χ0) is 50.0. The normalized spacial score (nSPS) is 43.3. The fourth-order valence-corrected chi connectivity index (χ4v) is 12.4. The van der Waals surface area contributed by atoms with E-state index < -0.39 is 118 Å². The standard InChI is InChI=1S/C48H84N4O14S/c1-14-20-49-27-48(58)33(8)63-38(23-46(48,10)61-13)65-40-30(5)42(45(9,56)22-28(3)24-50-32(7)41(54)47(11,57)37(15-2)64-43(55)31(40)6)66-44-39(53)36(21-29(4)62-44)51(12)67(59,60)52-25-34-18-16-17-19-35(34)26-52/h16-19,28-33,36-42,44,49-50,53-54,56-58H,14-15,20-27H2,1-13H3/t28-,29-,30+,31-,32-,33+,36+,37-,38+,39-,40+,41-,42-,44+,45-,46-,47-,48+/m1/s1. The Hall–Kier alpha value is -1.92. The van der Waals surface area contributed by atoms with Gasteiger partial charge in [-0.3, -0.25) is 4.79 Å². The molecule has 5 rings (SSSR count). The van der Waals surface area contributed by atoms with Gasteiger partial charge in [-0.05, 0) is 104 Å². The molecule has 4 aliphatic rings. The molecule has 0 spiro atoms. The van der Waals surface area contributed by atoms with E-state index in [2.05, 4.69) is 10.6 Å². The first-order valence-electron chi connectivity index (χ1n) is 24.3. The van der Waals surface area contributed by atoms with E-state index in [-0.39, 0.29) is 51.2 Å². The van der Waals surface area contributed by atoms with Gasteiger partial charge in [-0.25, -0.2) is 0 Å². The molecule has 3 fully saturated rings. The minimum absolute atomic E-state index is 0.0245. The summed E-state index contributed by atoms with van der Waals surface area (Å²) in [6.07, 6.45) is -9.16. The summed E-state index contributed by atoms with van der Waals surface area (Å²) in [6, 6.07) is 5.88. The van der Waals surface area contributed by atoms with Crippen LogP contribution in [0.1, 0.15) is 119 Å². The summed E-state index contributed by atoms with van der Waals surface area (Å²) in [6.45, 7) is 20.5. The largest absolute Gasteiger partial charge is 0.459 e. The van der Waals surface area contributed by atoms with Gasteiger partial charge in [0.2, 0.25) is 0 Å². The number of esters is 1. The highest BCUT2D eigenvalue weighted by molar-refractivity contribution is 7.86. The van der Waals surface area contributed by atoms with E-state index in [0.717, 1.165) is 17.5 Å². The maximum Gasteiger partial charge on any atom is 0.311 e. The van der Waals surface area contributed by atoms with Gasteiger partial charge in [-0.2, -0.15) is 17.0 Å². The number of benzene rings is 1. The molecule has 0 saturated carbocycles. The Morgan fingerprint density at radius 2 is 1.58 bits per heavy atom. The number of hydrogen-bond acceptors (Lipinski definition) is 16. The first kappa shape index (κ1) is 56.0. The topological polar surface area (TPSA) is 238 Å². The number of carbonyl (C=O) groups excluding carboxylic acids is 1. The highest BCUT2D eigenvalue weighted by Gasteiger charge is 2.58. The molecule has 1 aromatic carbocycles. The molecule has 0 bridgehead atoms. The second-order valence-corrected chi connectivity index (χ2v) is 22.8. The number of ether oxygens (including phenoxy) is 6. The SMILES string of the molecule is CCCNC[C@]1(O)[C@H](C)O[C@@H](O[C@H]2[C@H](C)[C@@H](O[C@@H]3O[C@H](C)C[C@H](N(C)S(=O)(=O)N4Cc5ccccc5C4)[C@H]3O)[C@](C)(O)C[C@@H](C)CN[C@H](C)[C@@H](O)[C@](C)(O)[C@@H](CC)OC(=O)[C@@H]2C)C[C@@]1(C)OC. The number of methoxy groups -OCH3 is 1. The van der Waals surface area contributed by atoms with Gasteiger partial charge in [-0.15, -0.1) is 0 Å². The number of rotatable bonds is 13. The number of carbonyl (C=O) groups is 1. The van der Waals surface area contributed by atoms with Crippen molar-refractivity contribution < 1.29 is 67.2 Å². The third-order valence-corrected chi connectivity index (χ3v) is 17.2. The number of aliphatic hydroxyl groups excluding tert-OH is 2. The van der Waals surface area contributed by atoms with Crippen molar-refractivity contribution in [3.8, 4) is 0 Å². The molecule has 0 radical (unpaired) electrons. The minimum Gasteiger partial charge on any atom is -0.459 e. The molecule has 67 heavy (non-hydrogen) atoms. The Bertz CT molecular complexity index is 1870. The molecule has 4 heterocycles. The van der Waals surface area contributed by atoms with E-state index in [1.807, 2.05) is 38.1 Å². The van der Waals surface area contributed by atoms with Crippen LogP contribution in [0.5, 0.6) is 0 Å². The molecular weight excluding hydrogens is 889 g/mol. The summed E-state index contributed by atoms with van der Waals surface area (Å²) >= 11 is 0. The second kappa shape index (κ2) is 22.2. The lowest BCUT2D eigenvalue weighted by Gasteiger charge is -2.53. The number of nitrogens with one attached hydrogen (secondary N) is 2. The molecular formula is C48H84N4O14S. The smallest absolute Gasteiger partial charge is 0.311 e. The van der Waals surface area contributed by atoms with Crippen LogP contribution < -0.4 is 10.6 Å². The van der Waals surface area contributed by atoms with Crippen LogP contribution in [0, 0.1) is 17.8 Å². The van der Waals surface area contributed by atoms with Crippen molar-refractivity contribution in [2.45, 2.75) is 211 Å². The van der Waals surface area contributed by atoms with Crippen LogP contribution in [-0.4, -0.2) is 172 Å². The Labute approximate surface area is 399 Å². The van der Waals surface area contributed by atoms with E-state index in [4.69, 9.17) is 28.4 Å². The molecule has 0 aliphatic carbocycles. The number of nitrogens with zero attached hydrogens (tertiary/aromatic N) is 2. The van der Waals surface area contributed by atoms with Crippen molar-refractivity contribution in [2.24, 2.45) is 17.8 Å². The summed E-state index contributed by atoms with van der Waals surface area (Å²) < 4.78 is 69.6. The van der Waals surface area contributed by atoms with Gasteiger partial charge < -0.3 is 64.6 Å². The average Bonchev–Trinajstić information content (AvgIpc) is 3.72. The minimum atomic E-state index is -4.10. The Morgan fingerprint density at radius 3 is 2.16 bits per heavy atom. The zero-order valence-electron chi connectivity index (χ0n) is 42.2. The summed E-state index contributed by atoms with van der Waals surface area (Å²) in [5.74, 6) is -3.11. The van der Waals surface area contributed by atoms with E-state index in [1.54, 1.807) is 55.4 Å². The fourth-order valence-electron chi connectivity index (χ4n) is 10.9. The number of hydrogen-bond donors (Lipinski definition) is 7. The van der Waals surface area contributed by atoms with Gasteiger partial charge in [-0.1, -0.05) is 52.0 Å². The number of likely N-dealkylation sites (N-methyl/N-ethyl adjacent to an activating group) is 1. The first-order chi connectivity index (χ1) is 31.2. The van der Waals surface area contributed by atoms with Crippen LogP contribution in [0.2, 0.25) is 0 Å². The molecule has 18 atom stereocenters. The second-order valence-electron chi connectivity index (χ2n) is 20.8. The highest BCUT2D eigenvalue weighted by Crippen LogP contribution is 2.43. The van der Waals surface area contributed by atoms with Crippen molar-refractivity contribution in [1.29, 1.82) is 0 Å². The molecule has 386 valence electrons. The molecule has 18 nitrogen and oxygen atoms in total. The lowest BCUT2D eigenvalue weighted by Crippen LogP contribution is -2.70. The predicted molar refractivity (Wildman–Crippen MR) is 250 cm³/mol. The van der Waals surface area contributed by atoms with E-state index >= 15 is 0 Å². The van der Waals surface area contributed by atoms with Crippen molar-refractivity contribution in [2.75, 3.05) is 33.8 Å². The maximum absolute atomic E-state index is 14.5. The number of fused-ring (bicyclic) bond motifs is 1. The van der Waals surface area contributed by atoms with Crippen LogP contribution in [-0.2, 0) is 56.5 Å². The molecule has 0 amide bonds. The number of aliphatic hydroxyl groups is 5. The van der Waals surface area contributed by atoms with Crippen molar-refractivity contribution >= 4 is 16.2 Å². The van der Waals surface area contributed by atoms with Crippen LogP contribution in [0.15, 0.2) is 24.3 Å². The van der Waals surface area contributed by atoms with Gasteiger partial charge in [0, 0.05) is 52.2 Å². The summed E-state index contributed by atoms with van der Waals surface area (Å²) in [5, 5.41) is 67.0. The van der Waals surface area contributed by atoms with Gasteiger partial charge in [0.1, 0.15) is 35.1 Å². The summed E-state index contributed by atoms with van der Waals surface area (Å²) in [5.41, 5.74) is -4.51. The molecule has 3 saturated heterocycles. The third-order valence-electron chi connectivity index (χ3n) is 15.3. The zero-order valence-corrected chi connectivity index (χ0v) is 43.0. The first-order valence-corrected chi connectivity index (χ1v) is 25.7. The highest BCUT2D eigenvalue weighted by atomic mass is 32.2. The summed E-state index contributed by atoms with van der Waals surface area (Å²) in [4.78, 5) is 14.5. The van der Waals surface area contributed by atoms with E-state index in [1.165, 1.54) is 29.7 Å². The molecule has 7 N–H and O–H groups in total. The lowest BCUT2D eigenvalue weighted by atomic mass is 9.75. The molecule has 1 aromatic rings. The lowest BCUT2D eigenvalue weighted by molar-refractivity contribution is -0.336. The Balaban J connectivity index is 1.55. The predicted octanol–water partition coefficient (Wildman–Crippen LogP) is 2.56. The van der Waals surface area contributed by atoms with Crippen LogP contribution >= 0.6 is 0 Å². The molecule has 4 aliphatic heterocycles. The van der Waals surface area contributed by atoms with Crippen LogP contribution in [0.4, 0.5) is 0 Å². The fraction of sp³-hybridized carbons (Fsp3) is 0.854. The van der Waals surface area contributed by atoms with Crippen LogP contribution in [0.3, 0.4) is 0 Å². The third kappa shape index (κ3) is 11.9. The van der Waals surface area contributed by atoms with Gasteiger partial charge in [0.15, 0.2) is 12.6 Å². The van der Waals surface area contributed by atoms with Crippen molar-refractivity contribution in [3.63, 3.8) is 0 Å². The monoisotopic (exact) mass is 973 g/mol. The summed E-state index contributed by atoms with van der Waals surface area (Å²) in [7, 11) is -1.16. The van der Waals surface area contributed by atoms with E-state index in [9.17, 15) is 38.7 Å². The van der Waals surface area contributed by atoms with E-state index in [0.29, 0.717) is 13.1 Å².